The van der Waals surface area contributed by atoms with E-state index in [9.17, 15) is 8.42 Å². The number of sulfonamides is 1. The zero-order valence-corrected chi connectivity index (χ0v) is 13.9. The largest absolute Gasteiger partial charge is 0.492 e. The van der Waals surface area contributed by atoms with E-state index >= 15 is 0 Å². The molecule has 0 fully saturated rings. The number of ether oxygens (including phenoxy) is 1. The normalized spacial score (nSPS) is 11.6. The minimum Gasteiger partial charge on any atom is -0.492 e. The molecule has 1 rings (SSSR count). The number of primary sulfonamides is 1. The summed E-state index contributed by atoms with van der Waals surface area (Å²) in [4.78, 5) is 0.0745. The number of rotatable bonds is 10. The molecule has 4 nitrogen and oxygen atoms in total. The summed E-state index contributed by atoms with van der Waals surface area (Å²) in [5, 5.41) is 5.22. The van der Waals surface area contributed by atoms with Gasteiger partial charge >= 0.3 is 0 Å². The molecule has 0 unspecified atom stereocenters. The van der Waals surface area contributed by atoms with E-state index in [4.69, 9.17) is 9.88 Å². The van der Waals surface area contributed by atoms with Gasteiger partial charge in [-0.2, -0.15) is 0 Å². The van der Waals surface area contributed by atoms with Gasteiger partial charge in [-0.3, -0.25) is 0 Å². The summed E-state index contributed by atoms with van der Waals surface area (Å²) in [6.07, 6.45) is 8.37. The number of aryl methyl sites for hydroxylation is 1. The third kappa shape index (κ3) is 6.96. The number of unbranched alkanes of at least 4 members (excludes halogenated alkanes) is 6. The molecule has 0 saturated carbocycles. The van der Waals surface area contributed by atoms with Crippen molar-refractivity contribution < 1.29 is 13.2 Å². The zero-order valence-electron chi connectivity index (χ0n) is 13.1. The van der Waals surface area contributed by atoms with Gasteiger partial charge in [-0.05, 0) is 31.0 Å². The molecule has 0 spiro atoms. The van der Waals surface area contributed by atoms with Crippen molar-refractivity contribution in [3.63, 3.8) is 0 Å². The van der Waals surface area contributed by atoms with Crippen LogP contribution in [0.3, 0.4) is 0 Å². The van der Waals surface area contributed by atoms with Crippen molar-refractivity contribution in [3.05, 3.63) is 23.8 Å². The third-order valence-corrected chi connectivity index (χ3v) is 4.34. The highest BCUT2D eigenvalue weighted by molar-refractivity contribution is 7.89. The molecule has 0 aliphatic carbocycles. The Labute approximate surface area is 128 Å². The Morgan fingerprint density at radius 1 is 1.05 bits per heavy atom. The van der Waals surface area contributed by atoms with Crippen LogP contribution in [0.5, 0.6) is 5.75 Å². The van der Waals surface area contributed by atoms with Gasteiger partial charge in [0.25, 0.3) is 0 Å². The number of benzene rings is 1. The molecule has 120 valence electrons. The smallest absolute Gasteiger partial charge is 0.241 e. The molecule has 1 aromatic carbocycles. The highest BCUT2D eigenvalue weighted by atomic mass is 32.2. The summed E-state index contributed by atoms with van der Waals surface area (Å²) < 4.78 is 28.7. The molecule has 0 atom stereocenters. The Morgan fingerprint density at radius 3 is 2.29 bits per heavy atom. The summed E-state index contributed by atoms with van der Waals surface area (Å²) in [7, 11) is -3.74. The van der Waals surface area contributed by atoms with Gasteiger partial charge in [0.15, 0.2) is 0 Å². The lowest BCUT2D eigenvalue weighted by Gasteiger charge is -2.11. The van der Waals surface area contributed by atoms with Crippen LogP contribution in [0.4, 0.5) is 0 Å². The van der Waals surface area contributed by atoms with Crippen LogP contribution in [0, 0.1) is 6.92 Å². The molecule has 2 N–H and O–H groups in total. The summed E-state index contributed by atoms with van der Waals surface area (Å²) in [6.45, 7) is 4.56. The summed E-state index contributed by atoms with van der Waals surface area (Å²) in [6, 6.07) is 5.06. The predicted molar refractivity (Wildman–Crippen MR) is 86.0 cm³/mol. The average Bonchev–Trinajstić information content (AvgIpc) is 2.42. The van der Waals surface area contributed by atoms with Crippen molar-refractivity contribution >= 4 is 10.0 Å². The van der Waals surface area contributed by atoms with E-state index in [1.54, 1.807) is 12.1 Å². The topological polar surface area (TPSA) is 69.4 Å². The SMILES string of the molecule is CCCCCCCCCOc1ccc(C)cc1S(N)(=O)=O. The first-order valence-electron chi connectivity index (χ1n) is 7.71. The molecule has 21 heavy (non-hydrogen) atoms. The van der Waals surface area contributed by atoms with Gasteiger partial charge in [0, 0.05) is 0 Å². The molecule has 5 heteroatoms. The maximum absolute atomic E-state index is 11.5. The Hall–Kier alpha value is -1.07. The van der Waals surface area contributed by atoms with Crippen molar-refractivity contribution in [2.45, 2.75) is 63.7 Å². The van der Waals surface area contributed by atoms with Gasteiger partial charge in [-0.15, -0.1) is 0 Å². The van der Waals surface area contributed by atoms with Crippen molar-refractivity contribution in [2.24, 2.45) is 5.14 Å². The monoisotopic (exact) mass is 313 g/mol. The maximum Gasteiger partial charge on any atom is 0.241 e. The maximum atomic E-state index is 11.5. The van der Waals surface area contributed by atoms with Crippen LogP contribution in [0.1, 0.15) is 57.4 Å². The van der Waals surface area contributed by atoms with E-state index in [2.05, 4.69) is 6.92 Å². The van der Waals surface area contributed by atoms with E-state index in [-0.39, 0.29) is 4.90 Å². The Bertz CT molecular complexity index is 526. The van der Waals surface area contributed by atoms with Crippen LogP contribution >= 0.6 is 0 Å². The molecule has 0 saturated heterocycles. The first-order chi connectivity index (χ1) is 9.95. The van der Waals surface area contributed by atoms with Gasteiger partial charge in [0.05, 0.1) is 6.61 Å². The van der Waals surface area contributed by atoms with Crippen LogP contribution in [-0.4, -0.2) is 15.0 Å². The van der Waals surface area contributed by atoms with Gasteiger partial charge < -0.3 is 4.74 Å². The Morgan fingerprint density at radius 2 is 1.67 bits per heavy atom. The Kier molecular flexibility index (Phi) is 7.75. The third-order valence-electron chi connectivity index (χ3n) is 3.41. The Balaban J connectivity index is 2.39. The second-order valence-corrected chi connectivity index (χ2v) is 6.99. The summed E-state index contributed by atoms with van der Waals surface area (Å²) in [5.74, 6) is 0.356. The second-order valence-electron chi connectivity index (χ2n) is 5.46. The van der Waals surface area contributed by atoms with E-state index in [1.165, 1.54) is 32.1 Å². The van der Waals surface area contributed by atoms with E-state index in [1.807, 2.05) is 13.0 Å². The first-order valence-corrected chi connectivity index (χ1v) is 9.26. The van der Waals surface area contributed by atoms with Gasteiger partial charge in [-0.1, -0.05) is 51.5 Å². The molecule has 0 radical (unpaired) electrons. The summed E-state index contributed by atoms with van der Waals surface area (Å²) in [5.41, 5.74) is 0.849. The average molecular weight is 313 g/mol. The fraction of sp³-hybridized carbons (Fsp3) is 0.625. The van der Waals surface area contributed by atoms with Gasteiger partial charge in [0.1, 0.15) is 10.6 Å². The van der Waals surface area contributed by atoms with Gasteiger partial charge in [0.2, 0.25) is 10.0 Å². The molecular formula is C16H27NO3S. The highest BCUT2D eigenvalue weighted by Crippen LogP contribution is 2.24. The molecule has 1 aromatic rings. The fourth-order valence-electron chi connectivity index (χ4n) is 2.20. The molecule has 0 amide bonds. The van der Waals surface area contributed by atoms with E-state index < -0.39 is 10.0 Å². The second kappa shape index (κ2) is 9.05. The van der Waals surface area contributed by atoms with Crippen molar-refractivity contribution in [1.82, 2.24) is 0 Å². The van der Waals surface area contributed by atoms with Crippen LogP contribution in [0.15, 0.2) is 23.1 Å². The standard InChI is InChI=1S/C16H27NO3S/c1-3-4-5-6-7-8-9-12-20-15-11-10-14(2)13-16(15)21(17,18)19/h10-11,13H,3-9,12H2,1-2H3,(H2,17,18,19). The lowest BCUT2D eigenvalue weighted by molar-refractivity contribution is 0.297. The fourth-order valence-corrected chi connectivity index (χ4v) is 2.96. The number of hydrogen-bond donors (Lipinski definition) is 1. The molecule has 0 aliphatic rings. The van der Waals surface area contributed by atoms with Crippen LogP contribution in [-0.2, 0) is 10.0 Å². The number of nitrogens with two attached hydrogens (primary N) is 1. The summed E-state index contributed by atoms with van der Waals surface area (Å²) >= 11 is 0. The van der Waals surface area contributed by atoms with Gasteiger partial charge in [-0.25, -0.2) is 13.6 Å². The zero-order chi connectivity index (χ0) is 15.7. The van der Waals surface area contributed by atoms with Crippen LogP contribution < -0.4 is 9.88 Å². The van der Waals surface area contributed by atoms with Crippen molar-refractivity contribution in [2.75, 3.05) is 6.61 Å². The quantitative estimate of drug-likeness (QED) is 0.668. The number of hydrogen-bond acceptors (Lipinski definition) is 3. The lowest BCUT2D eigenvalue weighted by atomic mass is 10.1. The van der Waals surface area contributed by atoms with E-state index in [0.29, 0.717) is 12.4 Å². The molecule has 0 heterocycles. The minimum atomic E-state index is -3.74. The molecule has 0 aliphatic heterocycles. The lowest BCUT2D eigenvalue weighted by Crippen LogP contribution is -2.14. The predicted octanol–water partition coefficient (Wildman–Crippen LogP) is 3.77. The van der Waals surface area contributed by atoms with Crippen molar-refractivity contribution in [3.8, 4) is 5.75 Å². The highest BCUT2D eigenvalue weighted by Gasteiger charge is 2.15. The van der Waals surface area contributed by atoms with Crippen LogP contribution in [0.2, 0.25) is 0 Å². The molecular weight excluding hydrogens is 286 g/mol. The van der Waals surface area contributed by atoms with Crippen LogP contribution in [0.25, 0.3) is 0 Å². The van der Waals surface area contributed by atoms with Crippen molar-refractivity contribution in [1.29, 1.82) is 0 Å². The molecule has 0 bridgehead atoms. The molecule has 0 aromatic heterocycles. The minimum absolute atomic E-state index is 0.0745. The first kappa shape index (κ1) is 18.0. The van der Waals surface area contributed by atoms with E-state index in [0.717, 1.165) is 18.4 Å².